The van der Waals surface area contributed by atoms with Gasteiger partial charge in [-0.25, -0.2) is 0 Å². The summed E-state index contributed by atoms with van der Waals surface area (Å²) in [5.41, 5.74) is 3.31. The Balaban J connectivity index is 0.00000324. The van der Waals surface area contributed by atoms with E-state index in [1.165, 1.54) is 0 Å². The third kappa shape index (κ3) is 4.61. The number of nitrogens with one attached hydrogen (secondary N) is 1. The minimum atomic E-state index is -0.238. The van der Waals surface area contributed by atoms with E-state index >= 15 is 0 Å². The number of allylic oxidation sites excluding steroid dienone is 2. The fourth-order valence-electron chi connectivity index (χ4n) is 2.09. The lowest BCUT2D eigenvalue weighted by molar-refractivity contribution is -0.127. The lowest BCUT2D eigenvalue weighted by atomic mass is 9.73. The summed E-state index contributed by atoms with van der Waals surface area (Å²) in [6.45, 7) is 9.61. The van der Waals surface area contributed by atoms with Crippen LogP contribution in [0.3, 0.4) is 0 Å². The standard InChI is InChI=1S/C14H21NO3.H2O/c1-5-7-18-15-10(6-2)13-11(16)8-14(3,4)9-12(13)17;/h5,15H,1,6-9H2,2-4H3;1H2. The molecule has 19 heavy (non-hydrogen) atoms. The number of Topliss-reactive ketones (excluding diaryl/α,β-unsaturated/α-hetero) is 2. The summed E-state index contributed by atoms with van der Waals surface area (Å²) < 4.78 is 0. The summed E-state index contributed by atoms with van der Waals surface area (Å²) in [5.74, 6) is -0.189. The van der Waals surface area contributed by atoms with Crippen molar-refractivity contribution in [2.24, 2.45) is 5.41 Å². The molecule has 1 rings (SSSR count). The van der Waals surface area contributed by atoms with Gasteiger partial charge in [-0.2, -0.15) is 0 Å². The van der Waals surface area contributed by atoms with Crippen LogP contribution >= 0.6 is 0 Å². The van der Waals surface area contributed by atoms with Gasteiger partial charge in [-0.05, 0) is 11.8 Å². The van der Waals surface area contributed by atoms with Gasteiger partial charge in [0.05, 0.1) is 17.9 Å². The van der Waals surface area contributed by atoms with Gasteiger partial charge < -0.3 is 5.48 Å². The summed E-state index contributed by atoms with van der Waals surface area (Å²) in [6, 6.07) is 0. The third-order valence-electron chi connectivity index (χ3n) is 2.89. The van der Waals surface area contributed by atoms with Gasteiger partial charge in [0.25, 0.3) is 0 Å². The molecule has 3 N–H and O–H groups in total. The molecule has 0 aromatic rings. The van der Waals surface area contributed by atoms with Gasteiger partial charge in [0.15, 0.2) is 11.6 Å². The Morgan fingerprint density at radius 1 is 1.37 bits per heavy atom. The van der Waals surface area contributed by atoms with Crippen LogP contribution < -0.4 is 5.48 Å². The van der Waals surface area contributed by atoms with E-state index in [1.807, 2.05) is 20.8 Å². The Kier molecular flexibility index (Phi) is 6.65. The lowest BCUT2D eigenvalue weighted by Crippen LogP contribution is -2.34. The molecule has 108 valence electrons. The largest absolute Gasteiger partial charge is 0.412 e. The molecule has 5 heteroatoms. The highest BCUT2D eigenvalue weighted by molar-refractivity contribution is 6.22. The Labute approximate surface area is 114 Å². The second kappa shape index (κ2) is 7.21. The van der Waals surface area contributed by atoms with Gasteiger partial charge >= 0.3 is 0 Å². The van der Waals surface area contributed by atoms with Crippen LogP contribution in [0.1, 0.15) is 40.0 Å². The van der Waals surface area contributed by atoms with Gasteiger partial charge in [-0.3, -0.25) is 19.9 Å². The SMILES string of the molecule is C=CCONC(CC)=C1C(=O)CC(C)(C)CC1=O.O. The highest BCUT2D eigenvalue weighted by atomic mass is 16.6. The molecule has 0 radical (unpaired) electrons. The van der Waals surface area contributed by atoms with Crippen molar-refractivity contribution in [2.45, 2.75) is 40.0 Å². The molecule has 0 amide bonds. The first-order valence-corrected chi connectivity index (χ1v) is 6.19. The Morgan fingerprint density at radius 2 is 1.89 bits per heavy atom. The number of hydrogen-bond acceptors (Lipinski definition) is 4. The molecule has 5 nitrogen and oxygen atoms in total. The Morgan fingerprint density at radius 3 is 2.32 bits per heavy atom. The van der Waals surface area contributed by atoms with E-state index in [2.05, 4.69) is 12.1 Å². The molecule has 0 spiro atoms. The van der Waals surface area contributed by atoms with Crippen molar-refractivity contribution in [1.82, 2.24) is 5.48 Å². The number of hydroxylamine groups is 1. The second-order valence-electron chi connectivity index (χ2n) is 5.27. The first kappa shape index (κ1) is 17.5. The quantitative estimate of drug-likeness (QED) is 0.269. The zero-order valence-electron chi connectivity index (χ0n) is 11.8. The van der Waals surface area contributed by atoms with E-state index < -0.39 is 0 Å². The molecule has 1 saturated carbocycles. The predicted molar refractivity (Wildman–Crippen MR) is 73.2 cm³/mol. The molecule has 1 aliphatic rings. The molecular weight excluding hydrogens is 246 g/mol. The summed E-state index contributed by atoms with van der Waals surface area (Å²) in [7, 11) is 0. The summed E-state index contributed by atoms with van der Waals surface area (Å²) >= 11 is 0. The first-order valence-electron chi connectivity index (χ1n) is 6.19. The van der Waals surface area contributed by atoms with Crippen LogP contribution in [0.4, 0.5) is 0 Å². The van der Waals surface area contributed by atoms with Gasteiger partial charge in [0, 0.05) is 12.8 Å². The normalized spacial score (nSPS) is 17.7. The summed E-state index contributed by atoms with van der Waals surface area (Å²) in [5, 5.41) is 0. The summed E-state index contributed by atoms with van der Waals surface area (Å²) in [4.78, 5) is 29.2. The van der Waals surface area contributed by atoms with Crippen LogP contribution in [-0.2, 0) is 14.4 Å². The molecule has 1 aliphatic carbocycles. The van der Waals surface area contributed by atoms with Crippen LogP contribution in [0.2, 0.25) is 0 Å². The minimum Gasteiger partial charge on any atom is -0.412 e. The molecule has 0 atom stereocenters. The Hall–Kier alpha value is -1.46. The molecule has 0 bridgehead atoms. The first-order chi connectivity index (χ1) is 8.41. The number of rotatable bonds is 5. The van der Waals surface area contributed by atoms with Gasteiger partial charge in [-0.15, -0.1) is 6.58 Å². The van der Waals surface area contributed by atoms with Crippen LogP contribution in [0, 0.1) is 5.41 Å². The average Bonchev–Trinajstić information content (AvgIpc) is 2.24. The van der Waals surface area contributed by atoms with Crippen molar-refractivity contribution in [3.63, 3.8) is 0 Å². The predicted octanol–water partition coefficient (Wildman–Crippen LogP) is 1.49. The van der Waals surface area contributed by atoms with E-state index in [4.69, 9.17) is 4.84 Å². The van der Waals surface area contributed by atoms with Crippen LogP contribution in [-0.4, -0.2) is 23.6 Å². The molecule has 0 heterocycles. The molecule has 0 unspecified atom stereocenters. The topological polar surface area (TPSA) is 86.9 Å². The van der Waals surface area contributed by atoms with Crippen molar-refractivity contribution in [1.29, 1.82) is 0 Å². The van der Waals surface area contributed by atoms with Gasteiger partial charge in [0.2, 0.25) is 0 Å². The summed E-state index contributed by atoms with van der Waals surface area (Å²) in [6.07, 6.45) is 2.96. The maximum absolute atomic E-state index is 12.1. The number of carbonyl (C=O) groups is 2. The maximum atomic E-state index is 12.1. The molecule has 1 fully saturated rings. The van der Waals surface area contributed by atoms with E-state index in [9.17, 15) is 9.59 Å². The molecular formula is C14H23NO4. The fraction of sp³-hybridized carbons (Fsp3) is 0.571. The monoisotopic (exact) mass is 269 g/mol. The van der Waals surface area contributed by atoms with Crippen LogP contribution in [0.25, 0.3) is 0 Å². The van der Waals surface area contributed by atoms with Gasteiger partial charge in [-0.1, -0.05) is 26.8 Å². The molecule has 0 aromatic carbocycles. The number of hydrogen-bond donors (Lipinski definition) is 1. The van der Waals surface area contributed by atoms with E-state index in [0.717, 1.165) is 0 Å². The Bertz CT molecular complexity index is 374. The molecule has 0 saturated heterocycles. The lowest BCUT2D eigenvalue weighted by Gasteiger charge is -2.29. The molecule has 0 aromatic heterocycles. The van der Waals surface area contributed by atoms with Crippen molar-refractivity contribution >= 4 is 11.6 Å². The van der Waals surface area contributed by atoms with Crippen molar-refractivity contribution in [3.05, 3.63) is 23.9 Å². The smallest absolute Gasteiger partial charge is 0.168 e. The van der Waals surface area contributed by atoms with E-state index in [-0.39, 0.29) is 28.0 Å². The van der Waals surface area contributed by atoms with Crippen LogP contribution in [0.5, 0.6) is 0 Å². The maximum Gasteiger partial charge on any atom is 0.168 e. The van der Waals surface area contributed by atoms with E-state index in [0.29, 0.717) is 31.6 Å². The second-order valence-corrected chi connectivity index (χ2v) is 5.27. The third-order valence-corrected chi connectivity index (χ3v) is 2.89. The average molecular weight is 269 g/mol. The van der Waals surface area contributed by atoms with Crippen molar-refractivity contribution in [3.8, 4) is 0 Å². The number of carbonyl (C=O) groups excluding carboxylic acids is 2. The van der Waals surface area contributed by atoms with Gasteiger partial charge in [0.1, 0.15) is 0 Å². The van der Waals surface area contributed by atoms with Crippen LogP contribution in [0.15, 0.2) is 23.9 Å². The number of ketones is 2. The zero-order valence-corrected chi connectivity index (χ0v) is 11.8. The van der Waals surface area contributed by atoms with Crippen molar-refractivity contribution in [2.75, 3.05) is 6.61 Å². The minimum absolute atomic E-state index is 0. The highest BCUT2D eigenvalue weighted by Gasteiger charge is 2.37. The fourth-order valence-corrected chi connectivity index (χ4v) is 2.09. The van der Waals surface area contributed by atoms with E-state index in [1.54, 1.807) is 6.08 Å². The van der Waals surface area contributed by atoms with Crippen molar-refractivity contribution < 1.29 is 19.9 Å². The highest BCUT2D eigenvalue weighted by Crippen LogP contribution is 2.34. The zero-order chi connectivity index (χ0) is 13.8. The molecule has 0 aliphatic heterocycles.